The number of hydrogen-bond donors (Lipinski definition) is 1. The zero-order chi connectivity index (χ0) is 21.3. The highest BCUT2D eigenvalue weighted by Gasteiger charge is 2.36. The van der Waals surface area contributed by atoms with E-state index >= 15 is 0 Å². The summed E-state index contributed by atoms with van der Waals surface area (Å²) in [6, 6.07) is 17.8. The standard InChI is InChI=1S/C22H21N3O4S/c1-15-8-3-4-9-16(15)20-14-19(23-25(20)22(26)21-12-7-13-29-21)17-10-5-6-11-18(17)24-30(2,27)28/h3-13,20,24H,14H2,1-2H3. The third-order valence-electron chi connectivity index (χ3n) is 4.93. The topological polar surface area (TPSA) is 92.0 Å². The first kappa shape index (κ1) is 19.9. The van der Waals surface area contributed by atoms with Crippen molar-refractivity contribution in [2.24, 2.45) is 5.10 Å². The molecule has 1 amide bonds. The van der Waals surface area contributed by atoms with Crippen LogP contribution in [0.2, 0.25) is 0 Å². The van der Waals surface area contributed by atoms with Crippen LogP contribution in [0, 0.1) is 6.92 Å². The van der Waals surface area contributed by atoms with Crippen molar-refractivity contribution < 1.29 is 17.6 Å². The van der Waals surface area contributed by atoms with Crippen LogP contribution in [0.4, 0.5) is 5.69 Å². The van der Waals surface area contributed by atoms with Gasteiger partial charge in [0.05, 0.1) is 30.0 Å². The maximum atomic E-state index is 13.1. The van der Waals surface area contributed by atoms with E-state index in [1.165, 1.54) is 11.3 Å². The van der Waals surface area contributed by atoms with Crippen LogP contribution < -0.4 is 4.72 Å². The maximum Gasteiger partial charge on any atom is 0.310 e. The van der Waals surface area contributed by atoms with E-state index in [1.54, 1.807) is 30.3 Å². The number of benzene rings is 2. The highest BCUT2D eigenvalue weighted by Crippen LogP contribution is 2.36. The second-order valence-electron chi connectivity index (χ2n) is 7.17. The van der Waals surface area contributed by atoms with Gasteiger partial charge in [-0.1, -0.05) is 42.5 Å². The van der Waals surface area contributed by atoms with Gasteiger partial charge in [0.2, 0.25) is 10.0 Å². The molecule has 0 radical (unpaired) electrons. The van der Waals surface area contributed by atoms with E-state index < -0.39 is 10.0 Å². The maximum absolute atomic E-state index is 13.1. The molecule has 2 heterocycles. The van der Waals surface area contributed by atoms with Crippen LogP contribution in [0.15, 0.2) is 76.4 Å². The van der Waals surface area contributed by atoms with Crippen molar-refractivity contribution in [2.75, 3.05) is 11.0 Å². The number of furan rings is 1. The number of rotatable bonds is 5. The molecule has 8 heteroatoms. The summed E-state index contributed by atoms with van der Waals surface area (Å²) in [6.07, 6.45) is 2.99. The van der Waals surface area contributed by atoms with Gasteiger partial charge in [-0.05, 0) is 36.2 Å². The molecule has 7 nitrogen and oxygen atoms in total. The van der Waals surface area contributed by atoms with Gasteiger partial charge in [-0.25, -0.2) is 13.4 Å². The largest absolute Gasteiger partial charge is 0.459 e. The lowest BCUT2D eigenvalue weighted by molar-refractivity contribution is 0.0678. The van der Waals surface area contributed by atoms with Crippen LogP contribution in [0.5, 0.6) is 0 Å². The minimum absolute atomic E-state index is 0.195. The van der Waals surface area contributed by atoms with E-state index in [0.717, 1.165) is 17.4 Å². The molecule has 1 unspecified atom stereocenters. The molecule has 1 N–H and O–H groups in total. The first-order chi connectivity index (χ1) is 14.3. The van der Waals surface area contributed by atoms with Crippen molar-refractivity contribution in [1.29, 1.82) is 0 Å². The highest BCUT2D eigenvalue weighted by atomic mass is 32.2. The minimum Gasteiger partial charge on any atom is -0.459 e. The number of sulfonamides is 1. The molecule has 0 fully saturated rings. The van der Waals surface area contributed by atoms with E-state index in [1.807, 2.05) is 37.3 Å². The van der Waals surface area contributed by atoms with Gasteiger partial charge in [0.15, 0.2) is 5.76 Å². The molecule has 30 heavy (non-hydrogen) atoms. The van der Waals surface area contributed by atoms with Crippen LogP contribution in [0.1, 0.15) is 39.7 Å². The highest BCUT2D eigenvalue weighted by molar-refractivity contribution is 7.92. The summed E-state index contributed by atoms with van der Waals surface area (Å²) in [5.74, 6) is -0.155. The van der Waals surface area contributed by atoms with Crippen molar-refractivity contribution in [3.8, 4) is 0 Å². The Morgan fingerprint density at radius 1 is 1.10 bits per heavy atom. The summed E-state index contributed by atoms with van der Waals surface area (Å²) in [4.78, 5) is 13.1. The van der Waals surface area contributed by atoms with Gasteiger partial charge >= 0.3 is 5.91 Å². The molecule has 0 spiro atoms. The van der Waals surface area contributed by atoms with Crippen LogP contribution in [0.25, 0.3) is 0 Å². The molecule has 3 aromatic rings. The lowest BCUT2D eigenvalue weighted by Gasteiger charge is -2.22. The van der Waals surface area contributed by atoms with Gasteiger partial charge in [0.25, 0.3) is 0 Å². The molecule has 1 aliphatic heterocycles. The number of para-hydroxylation sites is 1. The monoisotopic (exact) mass is 423 g/mol. The Bertz CT molecular complexity index is 1220. The second kappa shape index (κ2) is 7.79. The number of hydrogen-bond acceptors (Lipinski definition) is 5. The van der Waals surface area contributed by atoms with Crippen LogP contribution >= 0.6 is 0 Å². The Morgan fingerprint density at radius 3 is 2.53 bits per heavy atom. The molecule has 2 aromatic carbocycles. The quantitative estimate of drug-likeness (QED) is 0.673. The third kappa shape index (κ3) is 3.99. The molecule has 0 saturated heterocycles. The molecule has 1 aliphatic rings. The van der Waals surface area contributed by atoms with E-state index in [0.29, 0.717) is 23.4 Å². The fourth-order valence-electron chi connectivity index (χ4n) is 3.60. The van der Waals surface area contributed by atoms with Gasteiger partial charge in [-0.2, -0.15) is 5.10 Å². The Hall–Kier alpha value is -3.39. The summed E-state index contributed by atoms with van der Waals surface area (Å²) in [5.41, 5.74) is 3.70. The lowest BCUT2D eigenvalue weighted by Crippen LogP contribution is -2.27. The van der Waals surface area contributed by atoms with Crippen molar-refractivity contribution in [2.45, 2.75) is 19.4 Å². The number of nitrogens with one attached hydrogen (secondary N) is 1. The molecule has 0 aliphatic carbocycles. The number of aryl methyl sites for hydroxylation is 1. The number of amides is 1. The zero-order valence-corrected chi connectivity index (χ0v) is 17.4. The van der Waals surface area contributed by atoms with Crippen molar-refractivity contribution in [3.05, 3.63) is 89.4 Å². The van der Waals surface area contributed by atoms with E-state index in [-0.39, 0.29) is 17.7 Å². The van der Waals surface area contributed by atoms with Gasteiger partial charge < -0.3 is 4.42 Å². The number of carbonyl (C=O) groups excluding carboxylic acids is 1. The van der Waals surface area contributed by atoms with Crippen molar-refractivity contribution in [1.82, 2.24) is 5.01 Å². The van der Waals surface area contributed by atoms with E-state index in [2.05, 4.69) is 9.82 Å². The molecule has 154 valence electrons. The first-order valence-electron chi connectivity index (χ1n) is 9.41. The predicted octanol–water partition coefficient (Wildman–Crippen LogP) is 3.95. The lowest BCUT2D eigenvalue weighted by atomic mass is 9.94. The van der Waals surface area contributed by atoms with Crippen molar-refractivity contribution in [3.63, 3.8) is 0 Å². The van der Waals surface area contributed by atoms with Gasteiger partial charge in [0, 0.05) is 12.0 Å². The summed E-state index contributed by atoms with van der Waals surface area (Å²) >= 11 is 0. The number of anilines is 1. The number of carbonyl (C=O) groups is 1. The Balaban J connectivity index is 1.78. The van der Waals surface area contributed by atoms with Crippen LogP contribution in [0.3, 0.4) is 0 Å². The first-order valence-corrected chi connectivity index (χ1v) is 11.3. The second-order valence-corrected chi connectivity index (χ2v) is 8.92. The molecular weight excluding hydrogens is 402 g/mol. The fraction of sp³-hybridized carbons (Fsp3) is 0.182. The molecular formula is C22H21N3O4S. The number of hydrazone groups is 1. The summed E-state index contributed by atoms with van der Waals surface area (Å²) in [5, 5.41) is 6.03. The van der Waals surface area contributed by atoms with E-state index in [9.17, 15) is 13.2 Å². The van der Waals surface area contributed by atoms with Crippen molar-refractivity contribution >= 4 is 27.3 Å². The fourth-order valence-corrected chi connectivity index (χ4v) is 4.18. The average Bonchev–Trinajstić information content (AvgIpc) is 3.37. The van der Waals surface area contributed by atoms with Crippen LogP contribution in [-0.4, -0.2) is 31.3 Å². The summed E-state index contributed by atoms with van der Waals surface area (Å²) in [7, 11) is -3.47. The number of nitrogens with zero attached hydrogens (tertiary/aromatic N) is 2. The average molecular weight is 423 g/mol. The smallest absolute Gasteiger partial charge is 0.310 e. The zero-order valence-electron chi connectivity index (χ0n) is 16.6. The predicted molar refractivity (Wildman–Crippen MR) is 115 cm³/mol. The molecule has 4 rings (SSSR count). The van der Waals surface area contributed by atoms with Gasteiger partial charge in [-0.3, -0.25) is 9.52 Å². The third-order valence-corrected chi connectivity index (χ3v) is 5.52. The molecule has 1 aromatic heterocycles. The molecule has 0 saturated carbocycles. The Labute approximate surface area is 175 Å². The Kier molecular flexibility index (Phi) is 5.17. The van der Waals surface area contributed by atoms with Gasteiger partial charge in [0.1, 0.15) is 0 Å². The molecule has 0 bridgehead atoms. The Morgan fingerprint density at radius 2 is 1.83 bits per heavy atom. The SMILES string of the molecule is Cc1ccccc1C1CC(c2ccccc2NS(C)(=O)=O)=NN1C(=O)c1ccco1. The van der Waals surface area contributed by atoms with Gasteiger partial charge in [-0.15, -0.1) is 0 Å². The minimum atomic E-state index is -3.47. The van der Waals surface area contributed by atoms with E-state index in [4.69, 9.17) is 4.42 Å². The summed E-state index contributed by atoms with van der Waals surface area (Å²) < 4.78 is 31.4. The van der Waals surface area contributed by atoms with Crippen LogP contribution in [-0.2, 0) is 10.0 Å². The normalized spacial score (nSPS) is 16.4. The summed E-state index contributed by atoms with van der Waals surface area (Å²) in [6.45, 7) is 1.99. The molecule has 1 atom stereocenters.